The third-order valence-electron chi connectivity index (χ3n) is 12.7. The highest BCUT2D eigenvalue weighted by Crippen LogP contribution is 2.34. The number of carbonyl (C=O) groups is 4. The van der Waals surface area contributed by atoms with Gasteiger partial charge in [-0.25, -0.2) is 19.6 Å². The van der Waals surface area contributed by atoms with Gasteiger partial charge < -0.3 is 49.7 Å². The lowest BCUT2D eigenvalue weighted by molar-refractivity contribution is -0.136. The van der Waals surface area contributed by atoms with Crippen molar-refractivity contribution in [1.82, 2.24) is 50.2 Å². The number of hydrogen-bond donors (Lipinski definition) is 4. The Morgan fingerprint density at radius 1 is 0.594 bits per heavy atom. The van der Waals surface area contributed by atoms with Crippen molar-refractivity contribution in [3.63, 3.8) is 0 Å². The number of nitrogens with zero attached hydrogens (tertiary/aromatic N) is 6. The maximum Gasteiger partial charge on any atom is 0.318 e. The topological polar surface area (TPSA) is 181 Å². The summed E-state index contributed by atoms with van der Waals surface area (Å²) in [7, 11) is 0. The van der Waals surface area contributed by atoms with E-state index in [1.54, 1.807) is 9.80 Å². The van der Waals surface area contributed by atoms with Gasteiger partial charge in [0.1, 0.15) is 23.7 Å². The molecule has 0 aliphatic carbocycles. The molecule has 4 aliphatic rings. The lowest BCUT2D eigenvalue weighted by Gasteiger charge is -2.33. The predicted octanol–water partition coefficient (Wildman–Crippen LogP) is 5.33. The number of nitrogens with one attached hydrogen (secondary N) is 4. The number of morpholine rings is 2. The Morgan fingerprint density at radius 2 is 0.969 bits per heavy atom. The van der Waals surface area contributed by atoms with Gasteiger partial charge in [0.15, 0.2) is 0 Å². The number of amides is 6. The molecule has 4 aliphatic heterocycles. The molecule has 6 heterocycles. The first-order chi connectivity index (χ1) is 31.0. The van der Waals surface area contributed by atoms with Gasteiger partial charge in [-0.3, -0.25) is 9.59 Å². The van der Waals surface area contributed by atoms with Crippen molar-refractivity contribution in [3.05, 3.63) is 83.7 Å². The fourth-order valence-corrected chi connectivity index (χ4v) is 8.91. The number of H-pyrrole nitrogens is 2. The van der Waals surface area contributed by atoms with Crippen LogP contribution in [0.25, 0.3) is 22.5 Å². The zero-order valence-electron chi connectivity index (χ0n) is 37.3. The molecule has 4 atom stereocenters. The maximum atomic E-state index is 13.9. The summed E-state index contributed by atoms with van der Waals surface area (Å²) in [6.07, 6.45) is 6.91. The van der Waals surface area contributed by atoms with E-state index >= 15 is 0 Å². The number of ether oxygens (including phenoxy) is 2. The number of aromatic nitrogens is 4. The first kappa shape index (κ1) is 44.4. The second kappa shape index (κ2) is 20.1. The average molecular weight is 873 g/mol. The summed E-state index contributed by atoms with van der Waals surface area (Å²) in [4.78, 5) is 77.3. The summed E-state index contributed by atoms with van der Waals surface area (Å²) in [6, 6.07) is 13.8. The van der Waals surface area contributed by atoms with Gasteiger partial charge in [-0.2, -0.15) is 0 Å². The van der Waals surface area contributed by atoms with E-state index in [-0.39, 0.29) is 47.8 Å². The average Bonchev–Trinajstić information content (AvgIpc) is 4.17. The number of imidazole rings is 2. The predicted molar refractivity (Wildman–Crippen MR) is 241 cm³/mol. The monoisotopic (exact) mass is 872 g/mol. The maximum absolute atomic E-state index is 13.9. The van der Waals surface area contributed by atoms with E-state index < -0.39 is 12.1 Å². The highest BCUT2D eigenvalue weighted by molar-refractivity contribution is 5.88. The molecule has 4 N–H and O–H groups in total. The minimum atomic E-state index is -0.636. The molecule has 4 fully saturated rings. The van der Waals surface area contributed by atoms with E-state index in [0.29, 0.717) is 65.7 Å². The molecular weight excluding hydrogens is 813 g/mol. The summed E-state index contributed by atoms with van der Waals surface area (Å²) < 4.78 is 10.8. The van der Waals surface area contributed by atoms with Crippen molar-refractivity contribution in [1.29, 1.82) is 0 Å². The Balaban J connectivity index is 0.866. The normalized spacial score (nSPS) is 20.0. The van der Waals surface area contributed by atoms with Gasteiger partial charge in [-0.1, -0.05) is 63.8 Å². The molecule has 0 unspecified atom stereocenters. The van der Waals surface area contributed by atoms with Crippen LogP contribution in [0.1, 0.15) is 88.2 Å². The molecule has 16 nitrogen and oxygen atoms in total. The van der Waals surface area contributed by atoms with Gasteiger partial charge in [0.25, 0.3) is 0 Å². The van der Waals surface area contributed by atoms with Crippen molar-refractivity contribution in [2.75, 3.05) is 65.7 Å². The van der Waals surface area contributed by atoms with Gasteiger partial charge in [0.05, 0.1) is 62.3 Å². The van der Waals surface area contributed by atoms with Gasteiger partial charge in [0.2, 0.25) is 11.8 Å². The molecule has 2 aromatic carbocycles. The Bertz CT molecular complexity index is 2160. The lowest BCUT2D eigenvalue weighted by atomic mass is 10.0. The van der Waals surface area contributed by atoms with Crippen LogP contribution in [0.5, 0.6) is 0 Å². The Morgan fingerprint density at radius 3 is 1.33 bits per heavy atom. The number of urea groups is 2. The summed E-state index contributed by atoms with van der Waals surface area (Å²) in [5, 5.41) is 6.01. The summed E-state index contributed by atoms with van der Waals surface area (Å²) in [5.74, 6) is 7.69. The molecule has 64 heavy (non-hydrogen) atoms. The molecule has 16 heteroatoms. The minimum absolute atomic E-state index is 0.0781. The Labute approximate surface area is 374 Å². The highest BCUT2D eigenvalue weighted by atomic mass is 16.5. The van der Waals surface area contributed by atoms with Gasteiger partial charge in [0, 0.05) is 50.4 Å². The van der Waals surface area contributed by atoms with Crippen LogP contribution >= 0.6 is 0 Å². The van der Waals surface area contributed by atoms with E-state index in [0.717, 1.165) is 71.0 Å². The second-order valence-corrected chi connectivity index (χ2v) is 17.7. The Kier molecular flexibility index (Phi) is 14.0. The third-order valence-corrected chi connectivity index (χ3v) is 12.7. The molecule has 338 valence electrons. The molecule has 4 aromatic rings. The van der Waals surface area contributed by atoms with E-state index in [4.69, 9.17) is 19.4 Å². The van der Waals surface area contributed by atoms with E-state index in [1.807, 2.05) is 98.4 Å². The number of carbonyl (C=O) groups excluding carboxylic acids is 4. The van der Waals surface area contributed by atoms with Gasteiger partial charge in [-0.05, 0) is 72.9 Å². The summed E-state index contributed by atoms with van der Waals surface area (Å²) in [5.41, 5.74) is 5.37. The fraction of sp³-hybridized carbons (Fsp3) is 0.500. The van der Waals surface area contributed by atoms with Crippen LogP contribution in [0.4, 0.5) is 9.59 Å². The molecular formula is C48H60N10O6. The minimum Gasteiger partial charge on any atom is -0.378 e. The molecule has 4 saturated heterocycles. The van der Waals surface area contributed by atoms with Crippen molar-refractivity contribution in [2.24, 2.45) is 11.8 Å². The number of benzene rings is 2. The van der Waals surface area contributed by atoms with Crippen LogP contribution in [0.2, 0.25) is 0 Å². The SMILES string of the molecule is CC(C)[C@H](NC(=O)N1CCOCC1)C(=O)N1CCC[C@H]1c1ncc(-c2ccc(C#Cc3ccc(-c4cnc([C@@H]5CCCN5C(=O)[C@@H](NC(=O)N5CCOCC5)C(C)C)[nH]4)cc3)cc2)[nH]1. The molecule has 0 radical (unpaired) electrons. The van der Waals surface area contributed by atoms with Crippen LogP contribution in [0, 0.1) is 23.7 Å². The van der Waals surface area contributed by atoms with Gasteiger partial charge in [-0.15, -0.1) is 0 Å². The van der Waals surface area contributed by atoms with E-state index in [1.165, 1.54) is 0 Å². The molecule has 6 amide bonds. The molecule has 0 bridgehead atoms. The molecule has 8 rings (SSSR count). The fourth-order valence-electron chi connectivity index (χ4n) is 8.91. The number of aromatic amines is 2. The van der Waals surface area contributed by atoms with E-state index in [9.17, 15) is 19.2 Å². The molecule has 0 saturated carbocycles. The summed E-state index contributed by atoms with van der Waals surface area (Å²) in [6.45, 7) is 13.1. The third kappa shape index (κ3) is 10.1. The molecule has 0 spiro atoms. The van der Waals surface area contributed by atoms with Crippen LogP contribution in [-0.2, 0) is 19.1 Å². The van der Waals surface area contributed by atoms with Crippen molar-refractivity contribution in [3.8, 4) is 34.4 Å². The quantitative estimate of drug-likeness (QED) is 0.155. The van der Waals surface area contributed by atoms with Gasteiger partial charge >= 0.3 is 12.1 Å². The second-order valence-electron chi connectivity index (χ2n) is 17.7. The lowest BCUT2D eigenvalue weighted by Crippen LogP contribution is -2.55. The van der Waals surface area contributed by atoms with Crippen LogP contribution in [0.3, 0.4) is 0 Å². The van der Waals surface area contributed by atoms with Crippen molar-refractivity contribution >= 4 is 23.9 Å². The van der Waals surface area contributed by atoms with Crippen LogP contribution in [0.15, 0.2) is 60.9 Å². The van der Waals surface area contributed by atoms with Crippen molar-refractivity contribution < 1.29 is 28.7 Å². The smallest absolute Gasteiger partial charge is 0.318 e. The molecule has 2 aromatic heterocycles. The van der Waals surface area contributed by atoms with Crippen LogP contribution in [-0.4, -0.2) is 141 Å². The highest BCUT2D eigenvalue weighted by Gasteiger charge is 2.39. The number of likely N-dealkylation sites (tertiary alicyclic amines) is 2. The first-order valence-corrected chi connectivity index (χ1v) is 22.7. The largest absolute Gasteiger partial charge is 0.378 e. The van der Waals surface area contributed by atoms with Crippen LogP contribution < -0.4 is 10.6 Å². The zero-order valence-corrected chi connectivity index (χ0v) is 37.3. The number of rotatable bonds is 10. The summed E-state index contributed by atoms with van der Waals surface area (Å²) >= 11 is 0. The number of hydrogen-bond acceptors (Lipinski definition) is 8. The Hall–Kier alpha value is -6.18. The zero-order chi connectivity index (χ0) is 44.7. The first-order valence-electron chi connectivity index (χ1n) is 22.7. The van der Waals surface area contributed by atoms with E-state index in [2.05, 4.69) is 32.4 Å². The van der Waals surface area contributed by atoms with Crippen molar-refractivity contribution in [2.45, 2.75) is 77.5 Å². The standard InChI is InChI=1S/C48H60N10O6/c1-31(2)41(53-47(61)55-21-25-63-26-22-55)45(59)57-19-5-7-39(57)43-49-29-37(51-43)35-15-11-33(12-16-35)9-10-34-13-17-36(18-14-34)38-30-50-44(52-38)40-8-6-20-58(40)46(60)42(32(3)4)54-48(62)56-23-27-64-28-24-56/h11-18,29-32,39-42H,5-8,19-28H2,1-4H3,(H,49,51)(H,50,52)(H,53,61)(H,54,62)/t39-,40-,41-,42-/m0/s1.